The topological polar surface area (TPSA) is 13.1 Å². The Labute approximate surface area is 101 Å². The predicted molar refractivity (Wildman–Crippen MR) is 67.1 cm³/mol. The summed E-state index contributed by atoms with van der Waals surface area (Å²) in [5.74, 6) is 1.93. The third-order valence-corrected chi connectivity index (χ3v) is 3.14. The summed E-state index contributed by atoms with van der Waals surface area (Å²) in [6.07, 6.45) is 2.56. The molecule has 0 aliphatic rings. The summed E-state index contributed by atoms with van der Waals surface area (Å²) in [6, 6.07) is 12.4. The molecule has 0 spiro atoms. The Kier molecular flexibility index (Phi) is 3.68. The van der Waals surface area contributed by atoms with Crippen LogP contribution in [0.3, 0.4) is 0 Å². The molecule has 1 unspecified atom stereocenters. The van der Waals surface area contributed by atoms with Gasteiger partial charge in [-0.05, 0) is 24.6 Å². The summed E-state index contributed by atoms with van der Waals surface area (Å²) in [4.78, 5) is 0. The first-order valence-electron chi connectivity index (χ1n) is 5.44. The van der Waals surface area contributed by atoms with Crippen LogP contribution in [0, 0.1) is 6.92 Å². The van der Waals surface area contributed by atoms with Crippen molar-refractivity contribution >= 4 is 11.6 Å². The summed E-state index contributed by atoms with van der Waals surface area (Å²) in [5.41, 5.74) is 2.55. The molecule has 0 saturated heterocycles. The smallest absolute Gasteiger partial charge is 0.104 e. The van der Waals surface area contributed by atoms with E-state index in [0.717, 1.165) is 12.2 Å². The van der Waals surface area contributed by atoms with Crippen LogP contribution in [-0.2, 0) is 6.42 Å². The van der Waals surface area contributed by atoms with E-state index in [2.05, 4.69) is 31.2 Å². The highest BCUT2D eigenvalue weighted by Crippen LogP contribution is 2.22. The van der Waals surface area contributed by atoms with Gasteiger partial charge >= 0.3 is 0 Å². The Bertz CT molecular complexity index is 417. The van der Waals surface area contributed by atoms with Gasteiger partial charge in [-0.1, -0.05) is 29.8 Å². The van der Waals surface area contributed by atoms with Crippen molar-refractivity contribution < 1.29 is 4.42 Å². The van der Waals surface area contributed by atoms with Crippen molar-refractivity contribution in [3.05, 3.63) is 59.5 Å². The number of aryl methyl sites for hydroxylation is 1. The molecular formula is C14H15ClO. The van der Waals surface area contributed by atoms with Crippen LogP contribution < -0.4 is 0 Å². The maximum absolute atomic E-state index is 6.02. The van der Waals surface area contributed by atoms with Gasteiger partial charge in [-0.3, -0.25) is 0 Å². The molecular weight excluding hydrogens is 220 g/mol. The van der Waals surface area contributed by atoms with Gasteiger partial charge in [0.25, 0.3) is 0 Å². The lowest BCUT2D eigenvalue weighted by molar-refractivity contribution is 0.494. The number of benzene rings is 1. The third-order valence-electron chi connectivity index (χ3n) is 2.76. The normalized spacial score (nSPS) is 12.6. The van der Waals surface area contributed by atoms with E-state index in [9.17, 15) is 0 Å². The lowest BCUT2D eigenvalue weighted by Gasteiger charge is -2.12. The molecule has 1 nitrogen and oxygen atoms in total. The van der Waals surface area contributed by atoms with Crippen molar-refractivity contribution in [2.45, 2.75) is 19.3 Å². The largest absolute Gasteiger partial charge is 0.469 e. The molecule has 0 bridgehead atoms. The van der Waals surface area contributed by atoms with Crippen molar-refractivity contribution in [2.24, 2.45) is 0 Å². The maximum atomic E-state index is 6.02. The van der Waals surface area contributed by atoms with Gasteiger partial charge in [0.15, 0.2) is 0 Å². The van der Waals surface area contributed by atoms with Crippen molar-refractivity contribution in [3.63, 3.8) is 0 Å². The highest BCUT2D eigenvalue weighted by molar-refractivity contribution is 6.18. The molecule has 16 heavy (non-hydrogen) atoms. The number of hydrogen-bond donors (Lipinski definition) is 0. The molecule has 0 aliphatic heterocycles. The molecule has 1 aromatic carbocycles. The molecule has 0 aliphatic carbocycles. The molecule has 2 rings (SSSR count). The minimum atomic E-state index is 0.327. The number of halogens is 1. The van der Waals surface area contributed by atoms with Crippen LogP contribution >= 0.6 is 11.6 Å². The van der Waals surface area contributed by atoms with Gasteiger partial charge in [0.2, 0.25) is 0 Å². The van der Waals surface area contributed by atoms with E-state index in [0.29, 0.717) is 11.8 Å². The van der Waals surface area contributed by atoms with Crippen molar-refractivity contribution in [1.29, 1.82) is 0 Å². The highest BCUT2D eigenvalue weighted by Gasteiger charge is 2.12. The van der Waals surface area contributed by atoms with Crippen molar-refractivity contribution in [3.8, 4) is 0 Å². The Morgan fingerprint density at radius 2 is 1.94 bits per heavy atom. The van der Waals surface area contributed by atoms with Crippen LogP contribution in [0.4, 0.5) is 0 Å². The molecule has 1 heterocycles. The van der Waals surface area contributed by atoms with Crippen LogP contribution in [0.1, 0.15) is 22.8 Å². The van der Waals surface area contributed by atoms with E-state index >= 15 is 0 Å². The summed E-state index contributed by atoms with van der Waals surface area (Å²) in [5, 5.41) is 0. The summed E-state index contributed by atoms with van der Waals surface area (Å²) < 4.78 is 5.35. The molecule has 2 aromatic rings. The van der Waals surface area contributed by atoms with Crippen LogP contribution in [0.5, 0.6) is 0 Å². The maximum Gasteiger partial charge on any atom is 0.104 e. The molecule has 1 atom stereocenters. The zero-order valence-corrected chi connectivity index (χ0v) is 10.1. The lowest BCUT2D eigenvalue weighted by atomic mass is 9.96. The van der Waals surface area contributed by atoms with Gasteiger partial charge in [0.05, 0.1) is 6.26 Å². The van der Waals surface area contributed by atoms with E-state index in [1.54, 1.807) is 6.26 Å². The molecule has 0 radical (unpaired) electrons. The molecule has 0 amide bonds. The van der Waals surface area contributed by atoms with E-state index < -0.39 is 0 Å². The monoisotopic (exact) mass is 234 g/mol. The Morgan fingerprint density at radius 1 is 1.19 bits per heavy atom. The fourth-order valence-electron chi connectivity index (χ4n) is 1.77. The molecule has 2 heteroatoms. The van der Waals surface area contributed by atoms with Crippen molar-refractivity contribution in [1.82, 2.24) is 0 Å². The summed E-state index contributed by atoms with van der Waals surface area (Å²) >= 11 is 6.02. The number of hydrogen-bond acceptors (Lipinski definition) is 1. The highest BCUT2D eigenvalue weighted by atomic mass is 35.5. The van der Waals surface area contributed by atoms with E-state index in [1.807, 2.05) is 12.1 Å². The van der Waals surface area contributed by atoms with Gasteiger partial charge in [-0.25, -0.2) is 0 Å². The average Bonchev–Trinajstić information content (AvgIpc) is 2.80. The molecule has 0 fully saturated rings. The van der Waals surface area contributed by atoms with Gasteiger partial charge in [0.1, 0.15) is 5.76 Å². The Balaban J connectivity index is 2.13. The third kappa shape index (κ3) is 2.67. The average molecular weight is 235 g/mol. The fraction of sp³-hybridized carbons (Fsp3) is 0.286. The molecule has 84 valence electrons. The van der Waals surface area contributed by atoms with Crippen LogP contribution in [0.25, 0.3) is 0 Å². The van der Waals surface area contributed by atoms with E-state index in [1.165, 1.54) is 11.1 Å². The van der Waals surface area contributed by atoms with Gasteiger partial charge in [-0.2, -0.15) is 0 Å². The van der Waals surface area contributed by atoms with Crippen molar-refractivity contribution in [2.75, 3.05) is 5.88 Å². The first kappa shape index (κ1) is 11.3. The number of alkyl halides is 1. The second-order valence-corrected chi connectivity index (χ2v) is 4.35. The van der Waals surface area contributed by atoms with Gasteiger partial charge in [-0.15, -0.1) is 11.6 Å². The molecule has 0 saturated carbocycles. The quantitative estimate of drug-likeness (QED) is 0.725. The van der Waals surface area contributed by atoms with Crippen LogP contribution in [-0.4, -0.2) is 5.88 Å². The minimum absolute atomic E-state index is 0.327. The Morgan fingerprint density at radius 3 is 2.50 bits per heavy atom. The second-order valence-electron chi connectivity index (χ2n) is 4.05. The summed E-state index contributed by atoms with van der Waals surface area (Å²) in [6.45, 7) is 2.09. The minimum Gasteiger partial charge on any atom is -0.469 e. The molecule has 1 aromatic heterocycles. The van der Waals surface area contributed by atoms with E-state index in [-0.39, 0.29) is 0 Å². The predicted octanol–water partition coefficient (Wildman–Crippen LogP) is 4.15. The molecule has 0 N–H and O–H groups in total. The SMILES string of the molecule is Cc1ccc(C(CCl)Cc2ccco2)cc1. The van der Waals surface area contributed by atoms with Gasteiger partial charge < -0.3 is 4.42 Å². The van der Waals surface area contributed by atoms with Crippen LogP contribution in [0.15, 0.2) is 47.1 Å². The lowest BCUT2D eigenvalue weighted by Crippen LogP contribution is -2.04. The van der Waals surface area contributed by atoms with E-state index in [4.69, 9.17) is 16.0 Å². The second kappa shape index (κ2) is 5.22. The fourth-order valence-corrected chi connectivity index (χ4v) is 2.06. The Hall–Kier alpha value is -1.21. The zero-order valence-electron chi connectivity index (χ0n) is 9.32. The first-order chi connectivity index (χ1) is 7.79. The zero-order chi connectivity index (χ0) is 11.4. The number of rotatable bonds is 4. The van der Waals surface area contributed by atoms with Crippen LogP contribution in [0.2, 0.25) is 0 Å². The van der Waals surface area contributed by atoms with Gasteiger partial charge in [0, 0.05) is 18.2 Å². The number of furan rings is 1. The first-order valence-corrected chi connectivity index (χ1v) is 5.98. The summed E-state index contributed by atoms with van der Waals surface area (Å²) in [7, 11) is 0. The standard InChI is InChI=1S/C14H15ClO/c1-11-4-6-12(7-5-11)13(10-15)9-14-3-2-8-16-14/h2-8,13H,9-10H2,1H3.